The van der Waals surface area contributed by atoms with Gasteiger partial charge in [0, 0.05) is 66.8 Å². The summed E-state index contributed by atoms with van der Waals surface area (Å²) in [6.45, 7) is 8.71. The van der Waals surface area contributed by atoms with Crippen LogP contribution in [-0.4, -0.2) is 70.2 Å². The van der Waals surface area contributed by atoms with E-state index in [-0.39, 0.29) is 17.6 Å². The van der Waals surface area contributed by atoms with Crippen molar-refractivity contribution in [1.29, 1.82) is 0 Å². The molecule has 0 spiro atoms. The lowest BCUT2D eigenvalue weighted by Gasteiger charge is -2.23. The summed E-state index contributed by atoms with van der Waals surface area (Å²) in [6.07, 6.45) is 13.0. The molecule has 0 bridgehead atoms. The van der Waals surface area contributed by atoms with Gasteiger partial charge in [0.15, 0.2) is 11.3 Å². The minimum absolute atomic E-state index is 0.300. The van der Waals surface area contributed by atoms with Gasteiger partial charge in [-0.05, 0) is 113 Å². The van der Waals surface area contributed by atoms with E-state index in [0.29, 0.717) is 54.4 Å². The number of carbonyl (C=O) groups excluding carboxylic acids is 1. The Morgan fingerprint density at radius 3 is 1.48 bits per heavy atom. The smallest absolute Gasteiger partial charge is 0.306 e. The predicted octanol–water partition coefficient (Wildman–Crippen LogP) is 8.86. The van der Waals surface area contributed by atoms with Crippen LogP contribution in [0.2, 0.25) is 0 Å². The van der Waals surface area contributed by atoms with Crippen LogP contribution in [0.3, 0.4) is 0 Å². The highest BCUT2D eigenvalue weighted by atomic mass is 19.1. The number of carbonyl (C=O) groups is 1. The van der Waals surface area contributed by atoms with Gasteiger partial charge in [-0.3, -0.25) is 22.4 Å². The first-order valence-corrected chi connectivity index (χ1v) is 20.2. The Morgan fingerprint density at radius 2 is 1.05 bits per heavy atom. The monoisotopic (exact) mass is 852 g/mol. The van der Waals surface area contributed by atoms with Crippen LogP contribution in [0, 0.1) is 11.6 Å². The largest absolute Gasteiger partial charge is 0.460 e. The number of oxazole rings is 2. The van der Waals surface area contributed by atoms with Crippen LogP contribution in [-0.2, 0) is 22.4 Å². The van der Waals surface area contributed by atoms with Gasteiger partial charge in [0.2, 0.25) is 0 Å². The summed E-state index contributed by atoms with van der Waals surface area (Å²) in [7, 11) is 0. The van der Waals surface area contributed by atoms with Crippen LogP contribution in [0.1, 0.15) is 59.1 Å². The Bertz CT molecular complexity index is 3240. The third-order valence-corrected chi connectivity index (χ3v) is 10.6. The second kappa shape index (κ2) is 16.1. The molecule has 0 unspecified atom stereocenters. The van der Waals surface area contributed by atoms with Crippen LogP contribution in [0.15, 0.2) is 119 Å². The minimum atomic E-state index is -0.784. The van der Waals surface area contributed by atoms with Crippen molar-refractivity contribution in [2.75, 3.05) is 0 Å². The van der Waals surface area contributed by atoms with Crippen LogP contribution in [0.5, 0.6) is 0 Å². The molecule has 15 nitrogen and oxygen atoms in total. The molecule has 0 saturated heterocycles. The summed E-state index contributed by atoms with van der Waals surface area (Å²) in [4.78, 5) is 20.6. The molecule has 0 aliphatic heterocycles. The van der Waals surface area contributed by atoms with Crippen molar-refractivity contribution in [1.82, 2.24) is 48.0 Å². The molecule has 0 atom stereocenters. The number of aliphatic hydroxyl groups is 1. The average Bonchev–Trinajstić information content (AvgIpc) is 4.10. The number of nitrogens with zero attached hydrogens (tertiary/aromatic N) is 10. The molecular formula is C46H42F2N10O5. The Balaban J connectivity index is 0.000000161. The van der Waals surface area contributed by atoms with E-state index in [9.17, 15) is 18.7 Å². The fourth-order valence-electron chi connectivity index (χ4n) is 7.51. The van der Waals surface area contributed by atoms with Crippen molar-refractivity contribution in [3.63, 3.8) is 0 Å². The van der Waals surface area contributed by atoms with Crippen molar-refractivity contribution in [2.45, 2.75) is 71.5 Å². The number of hydrogen-bond donors (Lipinski definition) is 1. The zero-order valence-corrected chi connectivity index (χ0v) is 35.0. The summed E-state index contributed by atoms with van der Waals surface area (Å²) in [5.74, 6) is 1.49. The summed E-state index contributed by atoms with van der Waals surface area (Å²) >= 11 is 0. The van der Waals surface area contributed by atoms with E-state index in [1.807, 2.05) is 68.1 Å². The van der Waals surface area contributed by atoms with Crippen molar-refractivity contribution < 1.29 is 32.3 Å². The predicted molar refractivity (Wildman–Crippen MR) is 228 cm³/mol. The second-order valence-electron chi connectivity index (χ2n) is 16.4. The van der Waals surface area contributed by atoms with E-state index < -0.39 is 11.2 Å². The van der Waals surface area contributed by atoms with Gasteiger partial charge in [-0.1, -0.05) is 0 Å². The summed E-state index contributed by atoms with van der Waals surface area (Å²) in [5, 5.41) is 27.2. The second-order valence-corrected chi connectivity index (χ2v) is 16.4. The molecule has 10 rings (SSSR count). The topological polar surface area (TPSA) is 168 Å². The van der Waals surface area contributed by atoms with E-state index in [2.05, 4.69) is 30.4 Å². The van der Waals surface area contributed by atoms with Gasteiger partial charge in [-0.2, -0.15) is 9.97 Å². The number of ether oxygens (including phenoxy) is 1. The first-order valence-electron chi connectivity index (χ1n) is 20.2. The Kier molecular flexibility index (Phi) is 10.4. The highest BCUT2D eigenvalue weighted by molar-refractivity contribution is 5.82. The molecule has 0 amide bonds. The van der Waals surface area contributed by atoms with E-state index in [1.165, 1.54) is 31.2 Å². The van der Waals surface area contributed by atoms with Gasteiger partial charge in [-0.25, -0.2) is 8.78 Å². The number of aryl methyl sites for hydroxylation is 2. The zero-order valence-electron chi connectivity index (χ0n) is 35.0. The number of rotatable bonds is 11. The van der Waals surface area contributed by atoms with Gasteiger partial charge in [0.25, 0.3) is 0 Å². The van der Waals surface area contributed by atoms with E-state index in [1.54, 1.807) is 63.0 Å². The molecular weight excluding hydrogens is 811 g/mol. The summed E-state index contributed by atoms with van der Waals surface area (Å²) in [5.41, 5.74) is 6.37. The third-order valence-electron chi connectivity index (χ3n) is 10.6. The number of hydrogen-bond acceptors (Lipinski definition) is 11. The fraction of sp³-hybridized carbons (Fsp3) is 0.239. The molecule has 0 radical (unpaired) electrons. The van der Waals surface area contributed by atoms with Crippen molar-refractivity contribution in [3.05, 3.63) is 133 Å². The molecule has 2 aromatic carbocycles. The fourth-order valence-corrected chi connectivity index (χ4v) is 7.51. The van der Waals surface area contributed by atoms with E-state index in [0.717, 1.165) is 50.9 Å². The molecule has 320 valence electrons. The minimum Gasteiger partial charge on any atom is -0.460 e. The maximum Gasteiger partial charge on any atom is 0.306 e. The lowest BCUT2D eigenvalue weighted by molar-refractivity contribution is -0.154. The molecule has 0 fully saturated rings. The number of pyridine rings is 2. The lowest BCUT2D eigenvalue weighted by Crippen LogP contribution is -2.27. The summed E-state index contributed by atoms with van der Waals surface area (Å²) < 4.78 is 50.9. The molecule has 17 heteroatoms. The number of aromatic nitrogens is 10. The van der Waals surface area contributed by atoms with Gasteiger partial charge in [0.1, 0.15) is 52.8 Å². The average molecular weight is 853 g/mol. The van der Waals surface area contributed by atoms with Gasteiger partial charge < -0.3 is 18.7 Å². The summed E-state index contributed by atoms with van der Waals surface area (Å²) in [6, 6.07) is 20.1. The van der Waals surface area contributed by atoms with E-state index >= 15 is 0 Å². The molecule has 63 heavy (non-hydrogen) atoms. The molecule has 10 aromatic rings. The Labute approximate surface area is 358 Å². The number of esters is 1. The number of halogens is 2. The first-order chi connectivity index (χ1) is 30.2. The van der Waals surface area contributed by atoms with Crippen LogP contribution >= 0.6 is 0 Å². The van der Waals surface area contributed by atoms with Crippen molar-refractivity contribution in [2.24, 2.45) is 0 Å². The lowest BCUT2D eigenvalue weighted by atomic mass is 10.0. The number of fused-ring (bicyclic) bond motifs is 4. The molecule has 0 aliphatic carbocycles. The number of imidazole rings is 2. The quantitative estimate of drug-likeness (QED) is 0.123. The molecule has 0 aliphatic rings. The highest BCUT2D eigenvalue weighted by Gasteiger charge is 2.24. The van der Waals surface area contributed by atoms with Gasteiger partial charge in [0.05, 0.1) is 17.0 Å². The van der Waals surface area contributed by atoms with Crippen molar-refractivity contribution >= 4 is 29.0 Å². The Hall–Kier alpha value is -7.53. The normalized spacial score (nSPS) is 12.1. The molecule has 8 aromatic heterocycles. The van der Waals surface area contributed by atoms with Crippen LogP contribution in [0.25, 0.3) is 68.0 Å². The molecule has 1 N–H and O–H groups in total. The highest BCUT2D eigenvalue weighted by Crippen LogP contribution is 2.35. The SMILES string of the molecule is CC(=O)OC(C)(C)CCc1nnc2ccc(-c3c(-c4ccc(F)cc4)nc4occn34)cn12.CC(C)(O)CCc1nnc2ccc(-c3c(-c4ccc(F)cc4)nc4occn34)cn12. The standard InChI is InChI=1S/C24H22FN5O3.C22H20FN5O2/c1-15(31)33-24(2,3)11-10-20-28-27-19-9-6-17(14-30(19)20)22-21(16-4-7-18(25)8-5-16)26-23-29(22)12-13-32-23;1-22(2,29)10-9-18-26-25-17-8-5-15(13-28(17)18)20-19(14-3-6-16(23)7-4-14)24-21-27(20)11-12-30-21/h4-9,12-14H,10-11H2,1-3H3;3-8,11-13,29H,9-10H2,1-2H3. The molecule has 8 heterocycles. The van der Waals surface area contributed by atoms with Crippen LogP contribution < -0.4 is 0 Å². The van der Waals surface area contributed by atoms with Crippen molar-refractivity contribution in [3.8, 4) is 45.0 Å². The zero-order chi connectivity index (χ0) is 44.0. The Morgan fingerprint density at radius 1 is 0.619 bits per heavy atom. The van der Waals surface area contributed by atoms with Crippen LogP contribution in [0.4, 0.5) is 8.78 Å². The van der Waals surface area contributed by atoms with E-state index in [4.69, 9.17) is 13.6 Å². The molecule has 0 saturated carbocycles. The maximum absolute atomic E-state index is 13.5. The maximum atomic E-state index is 13.5. The first kappa shape index (κ1) is 40.9. The third kappa shape index (κ3) is 8.42. The van der Waals surface area contributed by atoms with Gasteiger partial charge in [-0.15, -0.1) is 20.4 Å². The van der Waals surface area contributed by atoms with Gasteiger partial charge >= 0.3 is 17.7 Å². The number of benzene rings is 2.